The van der Waals surface area contributed by atoms with Crippen molar-refractivity contribution in [2.24, 2.45) is 0 Å². The lowest BCUT2D eigenvalue weighted by Gasteiger charge is -2.34. The van der Waals surface area contributed by atoms with Crippen molar-refractivity contribution in [3.8, 4) is 0 Å². The second kappa shape index (κ2) is 6.40. The molecule has 1 saturated heterocycles. The standard InChI is InChI=1S/C15H16F2N4O2S/c1-11-9-13(17)14(10-12(11)16)24(22,23)21-7-5-20(6-8-21)15-3-2-4-18-19-15/h2-4,9-10H,5-8H2,1H3. The molecule has 0 atom stereocenters. The van der Waals surface area contributed by atoms with Gasteiger partial charge in [0.2, 0.25) is 10.0 Å². The molecule has 1 aliphatic heterocycles. The number of piperazine rings is 1. The molecule has 0 amide bonds. The summed E-state index contributed by atoms with van der Waals surface area (Å²) in [7, 11) is -4.08. The van der Waals surface area contributed by atoms with Gasteiger partial charge in [-0.2, -0.15) is 9.40 Å². The minimum absolute atomic E-state index is 0.0684. The smallest absolute Gasteiger partial charge is 0.246 e. The van der Waals surface area contributed by atoms with Gasteiger partial charge in [-0.15, -0.1) is 5.10 Å². The number of aryl methyl sites for hydroxylation is 1. The quantitative estimate of drug-likeness (QED) is 0.837. The van der Waals surface area contributed by atoms with Crippen molar-refractivity contribution in [2.45, 2.75) is 11.8 Å². The van der Waals surface area contributed by atoms with Crippen LogP contribution in [0.5, 0.6) is 0 Å². The fourth-order valence-electron chi connectivity index (χ4n) is 2.58. The van der Waals surface area contributed by atoms with Crippen molar-refractivity contribution in [1.29, 1.82) is 0 Å². The summed E-state index contributed by atoms with van der Waals surface area (Å²) in [5, 5.41) is 7.77. The number of anilines is 1. The Morgan fingerprint density at radius 1 is 1.08 bits per heavy atom. The van der Waals surface area contributed by atoms with E-state index in [4.69, 9.17) is 0 Å². The summed E-state index contributed by atoms with van der Waals surface area (Å²) in [6.07, 6.45) is 1.55. The first-order valence-electron chi connectivity index (χ1n) is 7.38. The third-order valence-corrected chi connectivity index (χ3v) is 5.87. The first-order chi connectivity index (χ1) is 11.4. The first-order valence-corrected chi connectivity index (χ1v) is 8.82. The Balaban J connectivity index is 1.79. The van der Waals surface area contributed by atoms with Crippen LogP contribution in [0.4, 0.5) is 14.6 Å². The van der Waals surface area contributed by atoms with Gasteiger partial charge in [0.25, 0.3) is 0 Å². The van der Waals surface area contributed by atoms with Crippen LogP contribution in [0.3, 0.4) is 0 Å². The predicted molar refractivity (Wildman–Crippen MR) is 84.1 cm³/mol. The van der Waals surface area contributed by atoms with E-state index in [-0.39, 0.29) is 18.7 Å². The van der Waals surface area contributed by atoms with Gasteiger partial charge in [-0.05, 0) is 36.8 Å². The van der Waals surface area contributed by atoms with Gasteiger partial charge in [0, 0.05) is 32.4 Å². The van der Waals surface area contributed by atoms with Crippen LogP contribution >= 0.6 is 0 Å². The van der Waals surface area contributed by atoms with Gasteiger partial charge in [0.15, 0.2) is 5.82 Å². The molecule has 0 saturated carbocycles. The van der Waals surface area contributed by atoms with Gasteiger partial charge in [0.1, 0.15) is 16.5 Å². The third-order valence-electron chi connectivity index (χ3n) is 3.95. The van der Waals surface area contributed by atoms with Gasteiger partial charge in [-0.3, -0.25) is 0 Å². The lowest BCUT2D eigenvalue weighted by atomic mass is 10.2. The Morgan fingerprint density at radius 2 is 1.79 bits per heavy atom. The first kappa shape index (κ1) is 16.7. The van der Waals surface area contributed by atoms with E-state index in [1.807, 2.05) is 4.90 Å². The minimum atomic E-state index is -4.08. The molecule has 1 aromatic heterocycles. The second-order valence-corrected chi connectivity index (χ2v) is 7.41. The van der Waals surface area contributed by atoms with E-state index < -0.39 is 26.6 Å². The van der Waals surface area contributed by atoms with Gasteiger partial charge in [0.05, 0.1) is 0 Å². The van der Waals surface area contributed by atoms with E-state index >= 15 is 0 Å². The monoisotopic (exact) mass is 354 g/mol. The highest BCUT2D eigenvalue weighted by molar-refractivity contribution is 7.89. The van der Waals surface area contributed by atoms with Crippen molar-refractivity contribution in [3.05, 3.63) is 47.7 Å². The molecule has 0 aliphatic carbocycles. The number of aromatic nitrogens is 2. The summed E-state index contributed by atoms with van der Waals surface area (Å²) < 4.78 is 54.0. The van der Waals surface area contributed by atoms with Crippen LogP contribution in [0.15, 0.2) is 35.4 Å². The average molecular weight is 354 g/mol. The number of halogens is 2. The Bertz CT molecular complexity index is 838. The Hall–Kier alpha value is -2.13. The van der Waals surface area contributed by atoms with Crippen LogP contribution in [0, 0.1) is 18.6 Å². The topological polar surface area (TPSA) is 66.4 Å². The number of rotatable bonds is 3. The van der Waals surface area contributed by atoms with E-state index in [1.54, 1.807) is 18.3 Å². The third kappa shape index (κ3) is 3.09. The molecule has 2 aromatic rings. The van der Waals surface area contributed by atoms with Crippen LogP contribution in [-0.2, 0) is 10.0 Å². The number of benzene rings is 1. The fraction of sp³-hybridized carbons (Fsp3) is 0.333. The molecule has 0 spiro atoms. The lowest BCUT2D eigenvalue weighted by molar-refractivity contribution is 0.380. The maximum atomic E-state index is 14.0. The van der Waals surface area contributed by atoms with Crippen LogP contribution < -0.4 is 4.90 Å². The number of nitrogens with zero attached hydrogens (tertiary/aromatic N) is 4. The predicted octanol–water partition coefficient (Wildman–Crippen LogP) is 1.57. The molecule has 1 fully saturated rings. The average Bonchev–Trinajstić information content (AvgIpc) is 2.59. The molecule has 6 nitrogen and oxygen atoms in total. The largest absolute Gasteiger partial charge is 0.352 e. The highest BCUT2D eigenvalue weighted by Gasteiger charge is 2.31. The molecule has 1 aromatic carbocycles. The van der Waals surface area contributed by atoms with Crippen LogP contribution in [0.2, 0.25) is 0 Å². The normalized spacial score (nSPS) is 16.4. The summed E-state index contributed by atoms with van der Waals surface area (Å²) in [5.74, 6) is -1.03. The summed E-state index contributed by atoms with van der Waals surface area (Å²) in [6.45, 7) is 2.50. The molecule has 0 radical (unpaired) electrons. The molecule has 1 aliphatic rings. The summed E-state index contributed by atoms with van der Waals surface area (Å²) in [6, 6.07) is 5.18. The van der Waals surface area contributed by atoms with Gasteiger partial charge < -0.3 is 4.90 Å². The van der Waals surface area contributed by atoms with Crippen molar-refractivity contribution >= 4 is 15.8 Å². The van der Waals surface area contributed by atoms with E-state index in [9.17, 15) is 17.2 Å². The van der Waals surface area contributed by atoms with E-state index in [1.165, 1.54) is 6.92 Å². The molecule has 24 heavy (non-hydrogen) atoms. The highest BCUT2D eigenvalue weighted by atomic mass is 32.2. The summed E-state index contributed by atoms with van der Waals surface area (Å²) >= 11 is 0. The highest BCUT2D eigenvalue weighted by Crippen LogP contribution is 2.24. The Kier molecular flexibility index (Phi) is 4.46. The zero-order valence-electron chi connectivity index (χ0n) is 13.0. The van der Waals surface area contributed by atoms with Crippen molar-refractivity contribution in [2.75, 3.05) is 31.1 Å². The van der Waals surface area contributed by atoms with Gasteiger partial charge >= 0.3 is 0 Å². The van der Waals surface area contributed by atoms with E-state index in [2.05, 4.69) is 10.2 Å². The number of sulfonamides is 1. The van der Waals surface area contributed by atoms with Crippen molar-refractivity contribution in [1.82, 2.24) is 14.5 Å². The molecule has 2 heterocycles. The lowest BCUT2D eigenvalue weighted by Crippen LogP contribution is -2.49. The van der Waals surface area contributed by atoms with Crippen LogP contribution in [0.1, 0.15) is 5.56 Å². The van der Waals surface area contributed by atoms with Crippen LogP contribution in [0.25, 0.3) is 0 Å². The molecule has 0 N–H and O–H groups in total. The zero-order valence-corrected chi connectivity index (χ0v) is 13.8. The van der Waals surface area contributed by atoms with Crippen molar-refractivity contribution < 1.29 is 17.2 Å². The maximum Gasteiger partial charge on any atom is 0.246 e. The van der Waals surface area contributed by atoms with E-state index in [0.717, 1.165) is 16.4 Å². The SMILES string of the molecule is Cc1cc(F)c(S(=O)(=O)N2CCN(c3cccnn3)CC2)cc1F. The minimum Gasteiger partial charge on any atom is -0.352 e. The maximum absolute atomic E-state index is 14.0. The Labute approximate surface area is 138 Å². The number of hydrogen-bond donors (Lipinski definition) is 0. The summed E-state index contributed by atoms with van der Waals surface area (Å²) in [5.41, 5.74) is 0.0684. The van der Waals surface area contributed by atoms with Crippen molar-refractivity contribution in [3.63, 3.8) is 0 Å². The molecule has 0 bridgehead atoms. The molecule has 3 rings (SSSR count). The van der Waals surface area contributed by atoms with Crippen LogP contribution in [-0.4, -0.2) is 49.1 Å². The fourth-order valence-corrected chi connectivity index (χ4v) is 4.06. The summed E-state index contributed by atoms with van der Waals surface area (Å²) in [4.78, 5) is 1.27. The van der Waals surface area contributed by atoms with Gasteiger partial charge in [-0.25, -0.2) is 17.2 Å². The molecular weight excluding hydrogens is 338 g/mol. The second-order valence-electron chi connectivity index (χ2n) is 5.50. The zero-order chi connectivity index (χ0) is 17.3. The van der Waals surface area contributed by atoms with E-state index in [0.29, 0.717) is 18.9 Å². The molecule has 9 heteroatoms. The van der Waals surface area contributed by atoms with Gasteiger partial charge in [-0.1, -0.05) is 0 Å². The molecule has 128 valence electrons. The number of hydrogen-bond acceptors (Lipinski definition) is 5. The molecule has 0 unspecified atom stereocenters. The Morgan fingerprint density at radius 3 is 2.42 bits per heavy atom. The molecular formula is C15H16F2N4O2S.